The molecule has 0 atom stereocenters. The zero-order valence-electron chi connectivity index (χ0n) is 10.9. The predicted molar refractivity (Wildman–Crippen MR) is 71.4 cm³/mol. The van der Waals surface area contributed by atoms with Crippen LogP contribution in [0, 0.1) is 5.92 Å². The van der Waals surface area contributed by atoms with Crippen molar-refractivity contribution in [1.82, 2.24) is 9.78 Å². The lowest BCUT2D eigenvalue weighted by Crippen LogP contribution is -2.50. The van der Waals surface area contributed by atoms with E-state index >= 15 is 0 Å². The van der Waals surface area contributed by atoms with Crippen LogP contribution in [0.5, 0.6) is 0 Å². The van der Waals surface area contributed by atoms with Gasteiger partial charge in [0.15, 0.2) is 5.78 Å². The van der Waals surface area contributed by atoms with Gasteiger partial charge in [-0.25, -0.2) is 0 Å². The smallest absolute Gasteiger partial charge is 0.162 e. The molecule has 0 radical (unpaired) electrons. The number of fused-ring (bicyclic) bond motifs is 1. The minimum atomic E-state index is -0.368. The van der Waals surface area contributed by atoms with Crippen LogP contribution in [0.15, 0.2) is 30.5 Å². The van der Waals surface area contributed by atoms with Gasteiger partial charge in [0.05, 0.1) is 5.52 Å². The van der Waals surface area contributed by atoms with E-state index < -0.39 is 0 Å². The summed E-state index contributed by atoms with van der Waals surface area (Å²) in [6, 6.07) is 8.03. The molecule has 3 rings (SSSR count). The number of hydrogen-bond acceptors (Lipinski definition) is 2. The fourth-order valence-electron chi connectivity index (χ4n) is 2.82. The van der Waals surface area contributed by atoms with Crippen molar-refractivity contribution in [3.8, 4) is 0 Å². The molecule has 3 heteroatoms. The second-order valence-electron chi connectivity index (χ2n) is 5.54. The van der Waals surface area contributed by atoms with Crippen LogP contribution in [0.4, 0.5) is 0 Å². The highest BCUT2D eigenvalue weighted by molar-refractivity contribution is 5.89. The summed E-state index contributed by atoms with van der Waals surface area (Å²) in [5.41, 5.74) is 0.605. The highest BCUT2D eigenvalue weighted by Crippen LogP contribution is 2.41. The number of Topliss-reactive ketones (excluding diaryl/α,β-unsaturated/α-hetero) is 1. The summed E-state index contributed by atoms with van der Waals surface area (Å²) in [7, 11) is 0. The molecule has 0 saturated heterocycles. The second kappa shape index (κ2) is 3.94. The third-order valence-electron chi connectivity index (χ3n) is 4.02. The maximum atomic E-state index is 12.5. The Labute approximate surface area is 107 Å². The van der Waals surface area contributed by atoms with Gasteiger partial charge in [-0.15, -0.1) is 0 Å². The summed E-state index contributed by atoms with van der Waals surface area (Å²) >= 11 is 0. The summed E-state index contributed by atoms with van der Waals surface area (Å²) in [4.78, 5) is 12.5. The number of rotatable bonds is 3. The molecule has 0 N–H and O–H groups in total. The highest BCUT2D eigenvalue weighted by Gasteiger charge is 2.47. The van der Waals surface area contributed by atoms with Gasteiger partial charge in [0.1, 0.15) is 5.54 Å². The molecule has 1 saturated carbocycles. The molecule has 1 heterocycles. The molecule has 0 unspecified atom stereocenters. The van der Waals surface area contributed by atoms with Crippen LogP contribution in [0.2, 0.25) is 0 Å². The summed E-state index contributed by atoms with van der Waals surface area (Å²) in [6.45, 7) is 3.96. The molecule has 0 bridgehead atoms. The van der Waals surface area contributed by atoms with Crippen molar-refractivity contribution in [2.75, 3.05) is 0 Å². The molecule has 2 aromatic rings. The fraction of sp³-hybridized carbons (Fsp3) is 0.467. The molecule has 0 amide bonds. The van der Waals surface area contributed by atoms with Crippen molar-refractivity contribution < 1.29 is 4.79 Å². The monoisotopic (exact) mass is 242 g/mol. The number of hydrogen-bond donors (Lipinski definition) is 0. The minimum absolute atomic E-state index is 0.0672. The number of carbonyl (C=O) groups is 1. The predicted octanol–water partition coefficient (Wildman–Crippen LogP) is 3.14. The molecule has 18 heavy (non-hydrogen) atoms. The fourth-order valence-corrected chi connectivity index (χ4v) is 2.82. The maximum Gasteiger partial charge on any atom is 0.162 e. The standard InChI is InChI=1S/C15H18N2O/c1-11(2)14(18)15(8-5-9-15)17-10-12-6-3-4-7-13(12)16-17/h3-4,6-7,10-11H,5,8-9H2,1-2H3. The Morgan fingerprint density at radius 1 is 1.33 bits per heavy atom. The Morgan fingerprint density at radius 3 is 2.61 bits per heavy atom. The summed E-state index contributed by atoms with van der Waals surface area (Å²) in [5.74, 6) is 0.388. The average Bonchev–Trinajstić information content (AvgIpc) is 2.70. The van der Waals surface area contributed by atoms with Gasteiger partial charge >= 0.3 is 0 Å². The highest BCUT2D eigenvalue weighted by atomic mass is 16.1. The van der Waals surface area contributed by atoms with E-state index in [1.807, 2.05) is 49.0 Å². The van der Waals surface area contributed by atoms with Gasteiger partial charge in [0.2, 0.25) is 0 Å². The number of ketones is 1. The molecule has 1 fully saturated rings. The molecule has 1 aromatic carbocycles. The molecular weight excluding hydrogens is 224 g/mol. The van der Waals surface area contributed by atoms with Gasteiger partial charge in [-0.05, 0) is 25.3 Å². The zero-order valence-corrected chi connectivity index (χ0v) is 10.9. The topological polar surface area (TPSA) is 34.9 Å². The SMILES string of the molecule is CC(C)C(=O)C1(n2cc3ccccc3n2)CCC1. The molecular formula is C15H18N2O. The van der Waals surface area contributed by atoms with E-state index in [-0.39, 0.29) is 11.5 Å². The molecule has 3 nitrogen and oxygen atoms in total. The van der Waals surface area contributed by atoms with E-state index in [4.69, 9.17) is 0 Å². The van der Waals surface area contributed by atoms with E-state index in [0.717, 1.165) is 30.2 Å². The lowest BCUT2D eigenvalue weighted by Gasteiger charge is -2.41. The second-order valence-corrected chi connectivity index (χ2v) is 5.54. The first-order valence-corrected chi connectivity index (χ1v) is 6.63. The third-order valence-corrected chi connectivity index (χ3v) is 4.02. The number of nitrogens with zero attached hydrogens (tertiary/aromatic N) is 2. The number of aromatic nitrogens is 2. The van der Waals surface area contributed by atoms with Crippen LogP contribution in [0.3, 0.4) is 0 Å². The third kappa shape index (κ3) is 1.50. The van der Waals surface area contributed by atoms with E-state index in [9.17, 15) is 4.79 Å². The Balaban J connectivity index is 2.08. The van der Waals surface area contributed by atoms with Gasteiger partial charge in [0, 0.05) is 17.5 Å². The molecule has 1 aromatic heterocycles. The van der Waals surface area contributed by atoms with Crippen LogP contribution < -0.4 is 0 Å². The van der Waals surface area contributed by atoms with E-state index in [1.165, 1.54) is 0 Å². The maximum absolute atomic E-state index is 12.5. The summed E-state index contributed by atoms with van der Waals surface area (Å²) in [6.07, 6.45) is 5.00. The Hall–Kier alpha value is -1.64. The first-order chi connectivity index (χ1) is 8.63. The van der Waals surface area contributed by atoms with Gasteiger partial charge in [-0.3, -0.25) is 9.48 Å². The molecule has 0 aliphatic heterocycles. The van der Waals surface area contributed by atoms with Gasteiger partial charge < -0.3 is 0 Å². The first kappa shape index (κ1) is 11.5. The lowest BCUT2D eigenvalue weighted by molar-refractivity contribution is -0.135. The summed E-state index contributed by atoms with van der Waals surface area (Å²) < 4.78 is 1.92. The van der Waals surface area contributed by atoms with Crippen LogP contribution in [-0.2, 0) is 10.3 Å². The quantitative estimate of drug-likeness (QED) is 0.828. The lowest BCUT2D eigenvalue weighted by atomic mass is 9.71. The Morgan fingerprint density at radius 2 is 2.06 bits per heavy atom. The van der Waals surface area contributed by atoms with E-state index in [2.05, 4.69) is 5.10 Å². The van der Waals surface area contributed by atoms with E-state index in [1.54, 1.807) is 0 Å². The van der Waals surface area contributed by atoms with Gasteiger partial charge in [-0.2, -0.15) is 5.10 Å². The van der Waals surface area contributed by atoms with Crippen LogP contribution in [-0.4, -0.2) is 15.6 Å². The average molecular weight is 242 g/mol. The van der Waals surface area contributed by atoms with Crippen molar-refractivity contribution in [3.63, 3.8) is 0 Å². The van der Waals surface area contributed by atoms with Crippen molar-refractivity contribution in [2.45, 2.75) is 38.6 Å². The molecule has 1 aliphatic rings. The van der Waals surface area contributed by atoms with Crippen LogP contribution in [0.1, 0.15) is 33.1 Å². The molecule has 0 spiro atoms. The Bertz CT molecular complexity index is 560. The van der Waals surface area contributed by atoms with E-state index in [0.29, 0.717) is 5.78 Å². The first-order valence-electron chi connectivity index (χ1n) is 6.63. The number of carbonyl (C=O) groups excluding carboxylic acids is 1. The van der Waals surface area contributed by atoms with Crippen molar-refractivity contribution in [2.24, 2.45) is 5.92 Å². The van der Waals surface area contributed by atoms with Crippen LogP contribution in [0.25, 0.3) is 10.9 Å². The zero-order chi connectivity index (χ0) is 12.8. The van der Waals surface area contributed by atoms with Crippen LogP contribution >= 0.6 is 0 Å². The van der Waals surface area contributed by atoms with Gasteiger partial charge in [-0.1, -0.05) is 32.0 Å². The Kier molecular flexibility index (Phi) is 2.51. The van der Waals surface area contributed by atoms with Gasteiger partial charge in [0.25, 0.3) is 0 Å². The largest absolute Gasteiger partial charge is 0.297 e. The summed E-state index contributed by atoms with van der Waals surface area (Å²) in [5, 5.41) is 5.72. The van der Waals surface area contributed by atoms with Crippen molar-refractivity contribution in [3.05, 3.63) is 30.5 Å². The minimum Gasteiger partial charge on any atom is -0.297 e. The molecule has 94 valence electrons. The normalized spacial score (nSPS) is 17.9. The van der Waals surface area contributed by atoms with Crippen molar-refractivity contribution >= 4 is 16.7 Å². The number of benzene rings is 1. The van der Waals surface area contributed by atoms with Crippen molar-refractivity contribution in [1.29, 1.82) is 0 Å². The molecule has 1 aliphatic carbocycles.